The topological polar surface area (TPSA) is 77.8 Å². The Hall–Kier alpha value is -1.91. The van der Waals surface area contributed by atoms with Gasteiger partial charge in [-0.3, -0.25) is 0 Å². The molecule has 0 atom stereocenters. The Kier molecular flexibility index (Phi) is 2.62. The zero-order chi connectivity index (χ0) is 10.7. The minimum atomic E-state index is 0.254. The third-order valence-corrected chi connectivity index (χ3v) is 1.95. The van der Waals surface area contributed by atoms with Gasteiger partial charge in [0.1, 0.15) is 12.1 Å². The van der Waals surface area contributed by atoms with Gasteiger partial charge in [-0.2, -0.15) is 9.97 Å². The van der Waals surface area contributed by atoms with Gasteiger partial charge in [0.15, 0.2) is 5.82 Å². The average Bonchev–Trinajstić information content (AvgIpc) is 2.70. The maximum absolute atomic E-state index is 5.60. The zero-order valence-corrected chi connectivity index (χ0v) is 8.47. The van der Waals surface area contributed by atoms with Crippen molar-refractivity contribution in [2.24, 2.45) is 0 Å². The number of furan rings is 1. The summed E-state index contributed by atoms with van der Waals surface area (Å²) in [6.07, 6.45) is 4.95. The van der Waals surface area contributed by atoms with E-state index in [1.807, 2.05) is 0 Å². The molecule has 0 saturated carbocycles. The quantitative estimate of drug-likeness (QED) is 0.822. The van der Waals surface area contributed by atoms with Crippen LogP contribution in [0.2, 0.25) is 0 Å². The lowest BCUT2D eigenvalue weighted by atomic mass is 10.3. The van der Waals surface area contributed by atoms with Crippen molar-refractivity contribution in [3.05, 3.63) is 24.4 Å². The molecule has 0 aromatic carbocycles. The van der Waals surface area contributed by atoms with Crippen molar-refractivity contribution >= 4 is 5.95 Å². The molecule has 15 heavy (non-hydrogen) atoms. The van der Waals surface area contributed by atoms with Crippen LogP contribution in [-0.2, 0) is 6.42 Å². The predicted molar refractivity (Wildman–Crippen MR) is 55.9 cm³/mol. The average molecular weight is 204 g/mol. The largest absolute Gasteiger partial charge is 0.472 e. The van der Waals surface area contributed by atoms with Crippen molar-refractivity contribution in [1.82, 2.24) is 15.0 Å². The highest BCUT2D eigenvalue weighted by Crippen LogP contribution is 2.15. The highest BCUT2D eigenvalue weighted by Gasteiger charge is 2.06. The molecule has 2 aromatic heterocycles. The molecular weight excluding hydrogens is 192 g/mol. The van der Waals surface area contributed by atoms with Crippen molar-refractivity contribution in [2.45, 2.75) is 19.8 Å². The predicted octanol–water partition coefficient (Wildman–Crippen LogP) is 1.67. The summed E-state index contributed by atoms with van der Waals surface area (Å²) in [5, 5.41) is 0. The van der Waals surface area contributed by atoms with Gasteiger partial charge in [-0.15, -0.1) is 0 Å². The summed E-state index contributed by atoms with van der Waals surface area (Å²) in [5.74, 6) is 1.55. The van der Waals surface area contributed by atoms with E-state index in [1.54, 1.807) is 18.6 Å². The minimum Gasteiger partial charge on any atom is -0.472 e. The molecule has 2 heterocycles. The van der Waals surface area contributed by atoms with Crippen LogP contribution in [0.15, 0.2) is 23.0 Å². The first-order chi connectivity index (χ1) is 7.29. The molecular formula is C10H12N4O. The fourth-order valence-corrected chi connectivity index (χ4v) is 1.29. The van der Waals surface area contributed by atoms with Crippen molar-refractivity contribution in [1.29, 1.82) is 0 Å². The normalized spacial score (nSPS) is 10.5. The van der Waals surface area contributed by atoms with E-state index in [4.69, 9.17) is 10.2 Å². The second-order valence-electron chi connectivity index (χ2n) is 3.20. The van der Waals surface area contributed by atoms with Gasteiger partial charge in [-0.25, -0.2) is 4.98 Å². The van der Waals surface area contributed by atoms with Crippen LogP contribution in [0.25, 0.3) is 11.4 Å². The summed E-state index contributed by atoms with van der Waals surface area (Å²) >= 11 is 0. The van der Waals surface area contributed by atoms with Crippen LogP contribution in [0.3, 0.4) is 0 Å². The monoisotopic (exact) mass is 204 g/mol. The van der Waals surface area contributed by atoms with E-state index in [0.29, 0.717) is 5.82 Å². The van der Waals surface area contributed by atoms with Crippen LogP contribution in [0.4, 0.5) is 5.95 Å². The molecule has 2 N–H and O–H groups in total. The fraction of sp³-hybridized carbons (Fsp3) is 0.300. The summed E-state index contributed by atoms with van der Waals surface area (Å²) in [6, 6.07) is 1.80. The van der Waals surface area contributed by atoms with Crippen molar-refractivity contribution < 1.29 is 4.42 Å². The van der Waals surface area contributed by atoms with E-state index in [0.717, 1.165) is 24.2 Å². The van der Waals surface area contributed by atoms with Crippen molar-refractivity contribution in [3.63, 3.8) is 0 Å². The summed E-state index contributed by atoms with van der Waals surface area (Å²) < 4.78 is 4.97. The van der Waals surface area contributed by atoms with E-state index >= 15 is 0 Å². The molecule has 5 nitrogen and oxygen atoms in total. The molecule has 5 heteroatoms. The molecule has 0 amide bonds. The number of nitrogen functional groups attached to an aromatic ring is 1. The molecule has 0 fully saturated rings. The van der Waals surface area contributed by atoms with E-state index in [2.05, 4.69) is 21.9 Å². The van der Waals surface area contributed by atoms with Crippen LogP contribution < -0.4 is 5.73 Å². The molecule has 78 valence electrons. The van der Waals surface area contributed by atoms with Crippen LogP contribution in [0, 0.1) is 0 Å². The lowest BCUT2D eigenvalue weighted by molar-refractivity contribution is 0.568. The van der Waals surface area contributed by atoms with E-state index in [9.17, 15) is 0 Å². The number of hydrogen-bond acceptors (Lipinski definition) is 5. The van der Waals surface area contributed by atoms with Gasteiger partial charge < -0.3 is 10.2 Å². The van der Waals surface area contributed by atoms with Crippen LogP contribution in [0.5, 0.6) is 0 Å². The maximum Gasteiger partial charge on any atom is 0.223 e. The molecule has 0 radical (unpaired) electrons. The maximum atomic E-state index is 5.60. The highest BCUT2D eigenvalue weighted by atomic mass is 16.3. The van der Waals surface area contributed by atoms with Crippen molar-refractivity contribution in [3.8, 4) is 11.4 Å². The van der Waals surface area contributed by atoms with Gasteiger partial charge in [0.05, 0.1) is 11.8 Å². The number of hydrogen-bond donors (Lipinski definition) is 1. The zero-order valence-electron chi connectivity index (χ0n) is 8.47. The summed E-state index contributed by atoms with van der Waals surface area (Å²) in [7, 11) is 0. The third-order valence-electron chi connectivity index (χ3n) is 1.95. The number of aryl methyl sites for hydroxylation is 1. The van der Waals surface area contributed by atoms with Gasteiger partial charge >= 0.3 is 0 Å². The van der Waals surface area contributed by atoms with Gasteiger partial charge in [0.25, 0.3) is 0 Å². The standard InChI is InChI=1S/C10H12N4O/c1-2-3-8-12-9(14-10(11)13-8)7-4-5-15-6-7/h4-6H,2-3H2,1H3,(H2,11,12,13,14). The fourth-order valence-electron chi connectivity index (χ4n) is 1.29. The number of anilines is 1. The first-order valence-corrected chi connectivity index (χ1v) is 4.82. The minimum absolute atomic E-state index is 0.254. The second-order valence-corrected chi connectivity index (χ2v) is 3.20. The summed E-state index contributed by atoms with van der Waals surface area (Å²) in [4.78, 5) is 12.4. The van der Waals surface area contributed by atoms with E-state index < -0.39 is 0 Å². The van der Waals surface area contributed by atoms with Gasteiger partial charge in [0.2, 0.25) is 5.95 Å². The van der Waals surface area contributed by atoms with E-state index in [-0.39, 0.29) is 5.95 Å². The number of nitrogens with two attached hydrogens (primary N) is 1. The Balaban J connectivity index is 2.40. The Morgan fingerprint density at radius 3 is 2.87 bits per heavy atom. The number of rotatable bonds is 3. The molecule has 0 unspecified atom stereocenters. The Labute approximate surface area is 87.4 Å². The van der Waals surface area contributed by atoms with Gasteiger partial charge in [-0.1, -0.05) is 6.92 Å². The van der Waals surface area contributed by atoms with E-state index in [1.165, 1.54) is 0 Å². The number of aromatic nitrogens is 3. The lowest BCUT2D eigenvalue weighted by Crippen LogP contribution is -2.04. The summed E-state index contributed by atoms with van der Waals surface area (Å²) in [6.45, 7) is 2.07. The smallest absolute Gasteiger partial charge is 0.223 e. The van der Waals surface area contributed by atoms with Gasteiger partial charge in [-0.05, 0) is 12.5 Å². The third kappa shape index (κ3) is 2.12. The number of nitrogens with zero attached hydrogens (tertiary/aromatic N) is 3. The first kappa shape index (κ1) is 9.64. The molecule has 0 saturated heterocycles. The molecule has 0 aliphatic carbocycles. The van der Waals surface area contributed by atoms with Crippen LogP contribution >= 0.6 is 0 Å². The molecule has 0 bridgehead atoms. The Bertz CT molecular complexity index is 439. The first-order valence-electron chi connectivity index (χ1n) is 4.82. The Morgan fingerprint density at radius 1 is 1.33 bits per heavy atom. The van der Waals surface area contributed by atoms with Crippen molar-refractivity contribution in [2.75, 3.05) is 5.73 Å². The Morgan fingerprint density at radius 2 is 2.20 bits per heavy atom. The molecule has 2 rings (SSSR count). The van der Waals surface area contributed by atoms with Gasteiger partial charge in [0, 0.05) is 6.42 Å². The lowest BCUT2D eigenvalue weighted by Gasteiger charge is -2.01. The second kappa shape index (κ2) is 4.08. The highest BCUT2D eigenvalue weighted by molar-refractivity contribution is 5.53. The summed E-state index contributed by atoms with van der Waals surface area (Å²) in [5.41, 5.74) is 6.42. The molecule has 0 aliphatic rings. The molecule has 2 aromatic rings. The van der Waals surface area contributed by atoms with Crippen LogP contribution in [-0.4, -0.2) is 15.0 Å². The van der Waals surface area contributed by atoms with Crippen LogP contribution in [0.1, 0.15) is 19.2 Å². The molecule has 0 aliphatic heterocycles. The SMILES string of the molecule is CCCc1nc(N)nc(-c2ccoc2)n1. The molecule has 0 spiro atoms.